The molecule has 3 aromatic carbocycles. The summed E-state index contributed by atoms with van der Waals surface area (Å²) in [5.74, 6) is 0. The van der Waals surface area contributed by atoms with Crippen LogP contribution in [0.25, 0.3) is 27.5 Å². The van der Waals surface area contributed by atoms with Gasteiger partial charge < -0.3 is 9.47 Å². The van der Waals surface area contributed by atoms with E-state index in [1.54, 1.807) is 0 Å². The first-order valence-corrected chi connectivity index (χ1v) is 8.59. The maximum absolute atomic E-state index is 2.36. The fraction of sp³-hybridized carbons (Fsp3) is 0.182. The van der Waals surface area contributed by atoms with Crippen LogP contribution in [-0.2, 0) is 0 Å². The molecule has 0 unspecified atom stereocenters. The average Bonchev–Trinajstić information content (AvgIpc) is 2.97. The van der Waals surface area contributed by atoms with Crippen molar-refractivity contribution in [2.45, 2.75) is 13.3 Å². The molecule has 0 spiro atoms. The highest BCUT2D eigenvalue weighted by atomic mass is 15.1. The number of anilines is 1. The van der Waals surface area contributed by atoms with Crippen molar-refractivity contribution in [1.82, 2.24) is 4.57 Å². The third-order valence-corrected chi connectivity index (χ3v) is 4.69. The Morgan fingerprint density at radius 3 is 1.83 bits per heavy atom. The summed E-state index contributed by atoms with van der Waals surface area (Å²) >= 11 is 0. The number of fused-ring (bicyclic) bond motifs is 3. The molecule has 0 bridgehead atoms. The van der Waals surface area contributed by atoms with Gasteiger partial charge in [0.2, 0.25) is 0 Å². The summed E-state index contributed by atoms with van der Waals surface area (Å²) in [6.07, 6.45) is 1.16. The molecule has 120 valence electrons. The summed E-state index contributed by atoms with van der Waals surface area (Å²) in [5.41, 5.74) is 4.99. The van der Waals surface area contributed by atoms with Crippen LogP contribution in [0.1, 0.15) is 13.3 Å². The fourth-order valence-electron chi connectivity index (χ4n) is 3.52. The first-order valence-electron chi connectivity index (χ1n) is 8.59. The largest absolute Gasteiger partial charge is 0.375 e. The third kappa shape index (κ3) is 2.35. The van der Waals surface area contributed by atoms with Gasteiger partial charge in [-0.25, -0.2) is 0 Å². The maximum Gasteiger partial charge on any atom is 0.0541 e. The lowest BCUT2D eigenvalue weighted by atomic mass is 10.2. The van der Waals surface area contributed by atoms with Crippen molar-refractivity contribution < 1.29 is 0 Å². The van der Waals surface area contributed by atoms with Gasteiger partial charge in [0.25, 0.3) is 0 Å². The van der Waals surface area contributed by atoms with E-state index < -0.39 is 0 Å². The predicted octanol–water partition coefficient (Wildman–Crippen LogP) is 5.63. The number of hydrogen-bond donors (Lipinski definition) is 0. The van der Waals surface area contributed by atoms with E-state index in [1.807, 2.05) is 0 Å². The minimum Gasteiger partial charge on any atom is -0.375 e. The Morgan fingerprint density at radius 2 is 1.29 bits per heavy atom. The lowest BCUT2D eigenvalue weighted by molar-refractivity contribution is 0.852. The molecular formula is C22H22N2. The van der Waals surface area contributed by atoms with E-state index >= 15 is 0 Å². The van der Waals surface area contributed by atoms with E-state index in [-0.39, 0.29) is 0 Å². The second-order valence-electron chi connectivity index (χ2n) is 6.31. The smallest absolute Gasteiger partial charge is 0.0541 e. The molecule has 24 heavy (non-hydrogen) atoms. The van der Waals surface area contributed by atoms with Gasteiger partial charge in [-0.15, -0.1) is 0 Å². The average molecular weight is 314 g/mol. The lowest BCUT2D eigenvalue weighted by Gasteiger charge is -2.19. The zero-order chi connectivity index (χ0) is 16.5. The van der Waals surface area contributed by atoms with E-state index in [4.69, 9.17) is 0 Å². The summed E-state index contributed by atoms with van der Waals surface area (Å²) < 4.78 is 2.36. The Labute approximate surface area is 142 Å². The van der Waals surface area contributed by atoms with Crippen LogP contribution in [0.5, 0.6) is 0 Å². The molecule has 0 atom stereocenters. The fourth-order valence-corrected chi connectivity index (χ4v) is 3.52. The number of para-hydroxylation sites is 2. The summed E-state index contributed by atoms with van der Waals surface area (Å²) in [5, 5.41) is 2.61. The third-order valence-electron chi connectivity index (χ3n) is 4.69. The number of benzene rings is 3. The van der Waals surface area contributed by atoms with Crippen LogP contribution < -0.4 is 4.90 Å². The van der Waals surface area contributed by atoms with Crippen molar-refractivity contribution in [3.05, 3.63) is 72.8 Å². The predicted molar refractivity (Wildman–Crippen MR) is 104 cm³/mol. The van der Waals surface area contributed by atoms with Crippen LogP contribution in [0.2, 0.25) is 0 Å². The molecule has 2 heteroatoms. The summed E-state index contributed by atoms with van der Waals surface area (Å²) in [6, 6.07) is 26.1. The molecule has 0 saturated carbocycles. The van der Waals surface area contributed by atoms with Gasteiger partial charge in [0.15, 0.2) is 0 Å². The standard InChI is InChI=1S/C22H22N2/c1-3-16-23(2)17-12-14-18(15-13-17)24-21-10-6-4-8-19(21)20-9-5-7-11-22(20)24/h4-15H,3,16H2,1-2H3. The molecule has 0 amide bonds. The first kappa shape index (κ1) is 14.8. The molecule has 0 aliphatic rings. The normalized spacial score (nSPS) is 11.2. The minimum absolute atomic E-state index is 1.08. The topological polar surface area (TPSA) is 8.17 Å². The second kappa shape index (κ2) is 6.04. The number of rotatable bonds is 4. The summed E-state index contributed by atoms with van der Waals surface area (Å²) in [6.45, 7) is 3.29. The van der Waals surface area contributed by atoms with Crippen LogP contribution in [0, 0.1) is 0 Å². The highest BCUT2D eigenvalue weighted by molar-refractivity contribution is 6.09. The van der Waals surface area contributed by atoms with Gasteiger partial charge in [-0.2, -0.15) is 0 Å². The Balaban J connectivity index is 1.89. The van der Waals surface area contributed by atoms with Crippen LogP contribution in [0.4, 0.5) is 5.69 Å². The van der Waals surface area contributed by atoms with Crippen molar-refractivity contribution in [1.29, 1.82) is 0 Å². The van der Waals surface area contributed by atoms with Gasteiger partial charge in [0.05, 0.1) is 11.0 Å². The quantitative estimate of drug-likeness (QED) is 0.474. The zero-order valence-electron chi connectivity index (χ0n) is 14.2. The van der Waals surface area contributed by atoms with Crippen molar-refractivity contribution in [2.24, 2.45) is 0 Å². The van der Waals surface area contributed by atoms with Gasteiger partial charge in [0.1, 0.15) is 0 Å². The SMILES string of the molecule is CCCN(C)c1ccc(-n2c3ccccc3c3ccccc32)cc1. The van der Waals surface area contributed by atoms with Crippen molar-refractivity contribution in [3.8, 4) is 5.69 Å². The van der Waals surface area contributed by atoms with E-state index in [0.29, 0.717) is 0 Å². The van der Waals surface area contributed by atoms with E-state index in [2.05, 4.69) is 96.2 Å². The zero-order valence-corrected chi connectivity index (χ0v) is 14.2. The first-order chi connectivity index (χ1) is 11.8. The van der Waals surface area contributed by atoms with E-state index in [1.165, 1.54) is 33.2 Å². The van der Waals surface area contributed by atoms with Gasteiger partial charge in [0, 0.05) is 35.7 Å². The van der Waals surface area contributed by atoms with Crippen LogP contribution in [-0.4, -0.2) is 18.2 Å². The number of hydrogen-bond acceptors (Lipinski definition) is 1. The van der Waals surface area contributed by atoms with Gasteiger partial charge in [-0.05, 0) is 42.8 Å². The Morgan fingerprint density at radius 1 is 0.750 bits per heavy atom. The highest BCUT2D eigenvalue weighted by Gasteiger charge is 2.11. The molecule has 2 nitrogen and oxygen atoms in total. The monoisotopic (exact) mass is 314 g/mol. The summed E-state index contributed by atoms with van der Waals surface area (Å²) in [7, 11) is 2.15. The molecule has 0 radical (unpaired) electrons. The van der Waals surface area contributed by atoms with Crippen molar-refractivity contribution in [3.63, 3.8) is 0 Å². The van der Waals surface area contributed by atoms with Crippen molar-refractivity contribution >= 4 is 27.5 Å². The highest BCUT2D eigenvalue weighted by Crippen LogP contribution is 2.32. The van der Waals surface area contributed by atoms with E-state index in [0.717, 1.165) is 13.0 Å². The van der Waals surface area contributed by atoms with Crippen LogP contribution >= 0.6 is 0 Å². The van der Waals surface area contributed by atoms with Crippen LogP contribution in [0.15, 0.2) is 72.8 Å². The Bertz CT molecular complexity index is 927. The molecular weight excluding hydrogens is 292 g/mol. The molecule has 4 rings (SSSR count). The van der Waals surface area contributed by atoms with Crippen molar-refractivity contribution in [2.75, 3.05) is 18.5 Å². The second-order valence-corrected chi connectivity index (χ2v) is 6.31. The number of aromatic nitrogens is 1. The number of nitrogens with zero attached hydrogens (tertiary/aromatic N) is 2. The molecule has 1 heterocycles. The van der Waals surface area contributed by atoms with Crippen LogP contribution in [0.3, 0.4) is 0 Å². The van der Waals surface area contributed by atoms with Gasteiger partial charge in [-0.1, -0.05) is 43.3 Å². The Hall–Kier alpha value is -2.74. The summed E-state index contributed by atoms with van der Waals surface area (Å²) in [4.78, 5) is 2.30. The van der Waals surface area contributed by atoms with E-state index in [9.17, 15) is 0 Å². The van der Waals surface area contributed by atoms with Gasteiger partial charge in [-0.3, -0.25) is 0 Å². The molecule has 0 fully saturated rings. The lowest BCUT2D eigenvalue weighted by Crippen LogP contribution is -2.17. The molecule has 1 aromatic heterocycles. The maximum atomic E-state index is 2.36. The molecule has 0 aliphatic heterocycles. The minimum atomic E-state index is 1.08. The Kier molecular flexibility index (Phi) is 3.73. The molecule has 0 aliphatic carbocycles. The van der Waals surface area contributed by atoms with Gasteiger partial charge >= 0.3 is 0 Å². The molecule has 0 saturated heterocycles. The molecule has 0 N–H and O–H groups in total. The molecule has 4 aromatic rings.